The zero-order valence-corrected chi connectivity index (χ0v) is 24.0. The molecule has 1 aromatic rings. The minimum atomic E-state index is -0.501. The number of nitrogens with two attached hydrogens (primary N) is 1. The van der Waals surface area contributed by atoms with Gasteiger partial charge in [0.2, 0.25) is 0 Å². The van der Waals surface area contributed by atoms with Crippen molar-refractivity contribution in [1.29, 1.82) is 0 Å². The number of likely N-dealkylation sites (tertiary alicyclic amines) is 1. The van der Waals surface area contributed by atoms with Gasteiger partial charge in [0.25, 0.3) is 0 Å². The highest BCUT2D eigenvalue weighted by Crippen LogP contribution is 2.63. The predicted octanol–water partition coefficient (Wildman–Crippen LogP) is 7.40. The van der Waals surface area contributed by atoms with Gasteiger partial charge in [0, 0.05) is 30.2 Å². The van der Waals surface area contributed by atoms with Crippen molar-refractivity contribution in [2.75, 3.05) is 30.8 Å². The Kier molecular flexibility index (Phi) is 9.11. The number of carbonyl (C=O) groups excluding carboxylic acids is 1. The van der Waals surface area contributed by atoms with Crippen LogP contribution in [0.15, 0.2) is 18.2 Å². The molecule has 0 aromatic heterocycles. The Hall–Kier alpha value is -2.11. The molecule has 2 atom stereocenters. The van der Waals surface area contributed by atoms with Crippen molar-refractivity contribution in [3.8, 4) is 5.75 Å². The average Bonchev–Trinajstić information content (AvgIpc) is 3.29. The van der Waals surface area contributed by atoms with E-state index in [0.29, 0.717) is 11.4 Å². The molecule has 0 aliphatic carbocycles. The molecule has 36 heavy (non-hydrogen) atoms. The minimum absolute atomic E-state index is 0.0676. The predicted molar refractivity (Wildman–Crippen MR) is 150 cm³/mol. The molecular formula is C30H51N3O3. The van der Waals surface area contributed by atoms with Crippen LogP contribution in [0.5, 0.6) is 5.75 Å². The number of nitrogen functional groups attached to an aromatic ring is 1. The van der Waals surface area contributed by atoms with Gasteiger partial charge in [-0.1, -0.05) is 59.3 Å². The molecule has 0 radical (unpaired) electrons. The lowest BCUT2D eigenvalue weighted by atomic mass is 9.51. The highest BCUT2D eigenvalue weighted by Gasteiger charge is 2.72. The third-order valence-corrected chi connectivity index (χ3v) is 8.53. The molecule has 2 unspecified atom stereocenters. The fraction of sp³-hybridized carbons (Fsp3) is 0.767. The molecule has 0 saturated carbocycles. The van der Waals surface area contributed by atoms with Gasteiger partial charge in [0.1, 0.15) is 11.4 Å². The number of hydrogen-bond acceptors (Lipinski definition) is 5. The summed E-state index contributed by atoms with van der Waals surface area (Å²) >= 11 is 0. The Morgan fingerprint density at radius 1 is 1.08 bits per heavy atom. The zero-order valence-electron chi connectivity index (χ0n) is 24.0. The van der Waals surface area contributed by atoms with Crippen LogP contribution in [-0.4, -0.2) is 48.4 Å². The standard InChI is InChI=1S/C30H51N3O3/c1-8-11-14-26-29(19-20-32(22-29)23-15-16-25(35-7)24(31)21-23)30(17-12-9-2,18-13-10-3)33(26)27(34)36-28(4,5)6/h15-16,21,26H,8-14,17-20,22,31H2,1-7H3. The van der Waals surface area contributed by atoms with E-state index in [1.807, 2.05) is 32.9 Å². The van der Waals surface area contributed by atoms with Crippen molar-refractivity contribution in [1.82, 2.24) is 4.90 Å². The number of carbonyl (C=O) groups is 1. The fourth-order valence-corrected chi connectivity index (χ4v) is 6.87. The first-order valence-electron chi connectivity index (χ1n) is 14.3. The van der Waals surface area contributed by atoms with Crippen LogP contribution in [0.4, 0.5) is 16.2 Å². The lowest BCUT2D eigenvalue weighted by Gasteiger charge is -2.71. The van der Waals surface area contributed by atoms with Crippen LogP contribution in [0.25, 0.3) is 0 Å². The molecule has 2 fully saturated rings. The summed E-state index contributed by atoms with van der Waals surface area (Å²) in [5, 5.41) is 0. The van der Waals surface area contributed by atoms with Crippen molar-refractivity contribution in [3.05, 3.63) is 18.2 Å². The molecule has 204 valence electrons. The van der Waals surface area contributed by atoms with E-state index in [-0.39, 0.29) is 23.1 Å². The maximum Gasteiger partial charge on any atom is 0.411 e. The maximum atomic E-state index is 13.8. The second-order valence-corrected chi connectivity index (χ2v) is 12.0. The van der Waals surface area contributed by atoms with E-state index in [0.717, 1.165) is 83.0 Å². The number of hydrogen-bond donors (Lipinski definition) is 1. The van der Waals surface area contributed by atoms with E-state index >= 15 is 0 Å². The number of anilines is 2. The summed E-state index contributed by atoms with van der Waals surface area (Å²) in [6.07, 6.45) is 10.9. The Bertz CT molecular complexity index is 873. The van der Waals surface area contributed by atoms with Gasteiger partial charge in [0.15, 0.2) is 0 Å². The van der Waals surface area contributed by atoms with Crippen LogP contribution >= 0.6 is 0 Å². The first kappa shape index (κ1) is 28.5. The number of nitrogens with zero attached hydrogens (tertiary/aromatic N) is 2. The van der Waals surface area contributed by atoms with Gasteiger partial charge in [-0.15, -0.1) is 0 Å². The quantitative estimate of drug-likeness (QED) is 0.320. The van der Waals surface area contributed by atoms with E-state index in [2.05, 4.69) is 36.6 Å². The van der Waals surface area contributed by atoms with Crippen molar-refractivity contribution >= 4 is 17.5 Å². The summed E-state index contributed by atoms with van der Waals surface area (Å²) in [7, 11) is 1.66. The van der Waals surface area contributed by atoms with Crippen molar-refractivity contribution < 1.29 is 14.3 Å². The van der Waals surface area contributed by atoms with Gasteiger partial charge in [0.05, 0.1) is 18.3 Å². The van der Waals surface area contributed by atoms with Gasteiger partial charge < -0.3 is 20.1 Å². The summed E-state index contributed by atoms with van der Waals surface area (Å²) in [5.74, 6) is 0.716. The molecular weight excluding hydrogens is 450 g/mol. The SMILES string of the molecule is CCCCC1N(C(=O)OC(C)(C)C)C(CCCC)(CCCC)C12CCN(c1ccc(OC)c(N)c1)C2. The smallest absolute Gasteiger partial charge is 0.411 e. The molecule has 2 aliphatic heterocycles. The topological polar surface area (TPSA) is 68.0 Å². The van der Waals surface area contributed by atoms with Gasteiger partial charge in [-0.25, -0.2) is 4.79 Å². The minimum Gasteiger partial charge on any atom is -0.495 e. The number of amides is 1. The number of ether oxygens (including phenoxy) is 2. The third kappa shape index (κ3) is 5.28. The van der Waals surface area contributed by atoms with Crippen LogP contribution in [0.2, 0.25) is 0 Å². The molecule has 6 nitrogen and oxygen atoms in total. The summed E-state index contributed by atoms with van der Waals surface area (Å²) in [6, 6.07) is 6.35. The van der Waals surface area contributed by atoms with Crippen LogP contribution < -0.4 is 15.4 Å². The highest BCUT2D eigenvalue weighted by molar-refractivity contribution is 5.73. The van der Waals surface area contributed by atoms with E-state index in [9.17, 15) is 4.79 Å². The summed E-state index contributed by atoms with van der Waals surface area (Å²) in [4.78, 5) is 18.5. The van der Waals surface area contributed by atoms with Gasteiger partial charge in [-0.2, -0.15) is 0 Å². The molecule has 1 amide bonds. The molecule has 1 spiro atoms. The summed E-state index contributed by atoms with van der Waals surface area (Å²) in [6.45, 7) is 14.6. The second-order valence-electron chi connectivity index (χ2n) is 12.0. The number of rotatable bonds is 11. The average molecular weight is 502 g/mol. The van der Waals surface area contributed by atoms with Crippen LogP contribution in [0, 0.1) is 5.41 Å². The molecule has 6 heteroatoms. The molecule has 2 aliphatic rings. The van der Waals surface area contributed by atoms with E-state index in [1.165, 1.54) is 0 Å². The Morgan fingerprint density at radius 2 is 1.72 bits per heavy atom. The molecule has 0 bridgehead atoms. The molecule has 2 heterocycles. The molecule has 2 saturated heterocycles. The lowest BCUT2D eigenvalue weighted by Crippen LogP contribution is -2.82. The van der Waals surface area contributed by atoms with E-state index in [4.69, 9.17) is 15.2 Å². The Morgan fingerprint density at radius 3 is 2.25 bits per heavy atom. The first-order valence-corrected chi connectivity index (χ1v) is 14.3. The van der Waals surface area contributed by atoms with Gasteiger partial charge in [-0.3, -0.25) is 4.90 Å². The number of methoxy groups -OCH3 is 1. The molecule has 2 N–H and O–H groups in total. The van der Waals surface area contributed by atoms with Crippen LogP contribution in [-0.2, 0) is 4.74 Å². The monoisotopic (exact) mass is 501 g/mol. The highest BCUT2D eigenvalue weighted by atomic mass is 16.6. The van der Waals surface area contributed by atoms with Gasteiger partial charge in [-0.05, 0) is 64.7 Å². The summed E-state index contributed by atoms with van der Waals surface area (Å²) in [5.41, 5.74) is 7.52. The normalized spacial score (nSPS) is 23.1. The molecule has 3 rings (SSSR count). The molecule has 1 aromatic carbocycles. The van der Waals surface area contributed by atoms with E-state index < -0.39 is 5.60 Å². The fourth-order valence-electron chi connectivity index (χ4n) is 6.87. The first-order chi connectivity index (χ1) is 17.1. The maximum absolute atomic E-state index is 13.8. The van der Waals surface area contributed by atoms with Crippen LogP contribution in [0.1, 0.15) is 106 Å². The Labute approximate surface area is 219 Å². The van der Waals surface area contributed by atoms with Crippen molar-refractivity contribution in [2.24, 2.45) is 5.41 Å². The Balaban J connectivity index is 2.04. The zero-order chi connectivity index (χ0) is 26.6. The second kappa shape index (κ2) is 11.5. The van der Waals surface area contributed by atoms with E-state index in [1.54, 1.807) is 7.11 Å². The third-order valence-electron chi connectivity index (χ3n) is 8.53. The van der Waals surface area contributed by atoms with Gasteiger partial charge >= 0.3 is 6.09 Å². The largest absolute Gasteiger partial charge is 0.495 e. The lowest BCUT2D eigenvalue weighted by molar-refractivity contribution is -0.200. The van der Waals surface area contributed by atoms with Crippen LogP contribution in [0.3, 0.4) is 0 Å². The summed E-state index contributed by atoms with van der Waals surface area (Å²) < 4.78 is 11.5. The van der Waals surface area contributed by atoms with Crippen molar-refractivity contribution in [3.63, 3.8) is 0 Å². The van der Waals surface area contributed by atoms with Crippen molar-refractivity contribution in [2.45, 2.75) is 123 Å². The number of unbranched alkanes of at least 4 members (excludes halogenated alkanes) is 3. The number of benzene rings is 1.